The molecule has 58 valence electrons. The van der Waals surface area contributed by atoms with Gasteiger partial charge in [0.15, 0.2) is 0 Å². The first-order valence-electron chi connectivity index (χ1n) is 3.70. The number of amides is 1. The Kier molecular flexibility index (Phi) is 5.42. The molecule has 3 nitrogen and oxygen atoms in total. The molecule has 0 bridgehead atoms. The number of hydrogen-bond acceptors (Lipinski definition) is 1. The van der Waals surface area contributed by atoms with E-state index < -0.39 is 11.4 Å². The van der Waals surface area contributed by atoms with E-state index in [9.17, 15) is 4.79 Å². The molecular weight excluding hydrogens is 167 g/mol. The summed E-state index contributed by atoms with van der Waals surface area (Å²) in [5.74, 6) is -0.452. The first-order valence-corrected chi connectivity index (χ1v) is 3.70. The number of carbonyl (C=O) groups is 1. The molecule has 1 amide bonds. The van der Waals surface area contributed by atoms with Crippen molar-refractivity contribution in [3.63, 3.8) is 0 Å². The number of rotatable bonds is 1. The van der Waals surface area contributed by atoms with Crippen molar-refractivity contribution in [3.05, 3.63) is 5.73 Å². The quantitative estimate of drug-likeness (QED) is 0.477. The molecular formula is C7H13KN2O. The Balaban J connectivity index is 0.000001000. The van der Waals surface area contributed by atoms with Gasteiger partial charge in [-0.1, -0.05) is 32.1 Å². The minimum Gasteiger partial charge on any atom is -0.664 e. The van der Waals surface area contributed by atoms with Crippen molar-refractivity contribution in [3.8, 4) is 0 Å². The molecule has 1 fully saturated rings. The predicted molar refractivity (Wildman–Crippen MR) is 39.3 cm³/mol. The summed E-state index contributed by atoms with van der Waals surface area (Å²) in [5, 5.41) is 0. The van der Waals surface area contributed by atoms with Gasteiger partial charge in [-0.2, -0.15) is 0 Å². The van der Waals surface area contributed by atoms with E-state index in [1.165, 1.54) is 0 Å². The summed E-state index contributed by atoms with van der Waals surface area (Å²) in [6.07, 6.45) is 4.41. The molecule has 11 heavy (non-hydrogen) atoms. The van der Waals surface area contributed by atoms with Gasteiger partial charge in [0, 0.05) is 0 Å². The molecule has 0 aliphatic heterocycles. The van der Waals surface area contributed by atoms with Crippen molar-refractivity contribution in [1.82, 2.24) is 0 Å². The first-order chi connectivity index (χ1) is 4.65. The maximum atomic E-state index is 10.7. The van der Waals surface area contributed by atoms with Crippen LogP contribution in [-0.4, -0.2) is 11.4 Å². The molecule has 0 unspecified atom stereocenters. The zero-order valence-electron chi connectivity index (χ0n) is 7.02. The van der Waals surface area contributed by atoms with Crippen molar-refractivity contribution in [2.24, 2.45) is 5.73 Å². The van der Waals surface area contributed by atoms with E-state index in [2.05, 4.69) is 0 Å². The third-order valence-corrected chi connectivity index (χ3v) is 2.18. The Morgan fingerprint density at radius 1 is 1.27 bits per heavy atom. The van der Waals surface area contributed by atoms with Crippen molar-refractivity contribution in [2.75, 3.05) is 0 Å². The zero-order chi connectivity index (χ0) is 7.61. The molecule has 0 saturated heterocycles. The van der Waals surface area contributed by atoms with Crippen LogP contribution in [0.3, 0.4) is 0 Å². The molecule has 1 rings (SSSR count). The van der Waals surface area contributed by atoms with Crippen LogP contribution >= 0.6 is 0 Å². The van der Waals surface area contributed by atoms with Crippen molar-refractivity contribution >= 4 is 5.91 Å². The fourth-order valence-corrected chi connectivity index (χ4v) is 1.40. The van der Waals surface area contributed by atoms with E-state index in [-0.39, 0.29) is 51.4 Å². The number of nitrogens with one attached hydrogen (secondary N) is 1. The van der Waals surface area contributed by atoms with Crippen LogP contribution in [0.15, 0.2) is 0 Å². The number of nitrogens with two attached hydrogens (primary N) is 1. The fourth-order valence-electron chi connectivity index (χ4n) is 1.40. The largest absolute Gasteiger partial charge is 1.00 e. The normalized spacial score (nSPS) is 21.9. The minimum absolute atomic E-state index is 0. The van der Waals surface area contributed by atoms with Gasteiger partial charge in [0.25, 0.3) is 0 Å². The molecule has 0 aromatic heterocycles. The van der Waals surface area contributed by atoms with Crippen LogP contribution in [-0.2, 0) is 4.79 Å². The summed E-state index contributed by atoms with van der Waals surface area (Å²) in [5.41, 5.74) is 11.7. The van der Waals surface area contributed by atoms with Gasteiger partial charge in [-0.25, -0.2) is 0 Å². The maximum Gasteiger partial charge on any atom is 1.00 e. The van der Waals surface area contributed by atoms with Gasteiger partial charge in [0.1, 0.15) is 0 Å². The minimum atomic E-state index is -0.932. The van der Waals surface area contributed by atoms with E-state index in [4.69, 9.17) is 11.5 Å². The van der Waals surface area contributed by atoms with Gasteiger partial charge in [-0.15, -0.1) is 0 Å². The molecule has 1 aliphatic carbocycles. The van der Waals surface area contributed by atoms with Crippen LogP contribution in [0, 0.1) is 0 Å². The van der Waals surface area contributed by atoms with Crippen molar-refractivity contribution in [2.45, 2.75) is 37.6 Å². The van der Waals surface area contributed by atoms with E-state index in [1.807, 2.05) is 0 Å². The van der Waals surface area contributed by atoms with Crippen molar-refractivity contribution < 1.29 is 56.2 Å². The molecule has 0 spiro atoms. The van der Waals surface area contributed by atoms with Crippen LogP contribution < -0.4 is 57.1 Å². The summed E-state index contributed by atoms with van der Waals surface area (Å²) in [6, 6.07) is 0. The molecule has 0 radical (unpaired) electrons. The molecule has 4 heteroatoms. The molecule has 0 aromatic rings. The molecule has 1 saturated carbocycles. The van der Waals surface area contributed by atoms with Gasteiger partial charge in [-0.05, 0) is 5.54 Å². The van der Waals surface area contributed by atoms with E-state index >= 15 is 0 Å². The second kappa shape index (κ2) is 4.94. The summed E-state index contributed by atoms with van der Waals surface area (Å²) >= 11 is 0. The molecule has 0 heterocycles. The van der Waals surface area contributed by atoms with Crippen LogP contribution in [0.4, 0.5) is 0 Å². The Bertz CT molecular complexity index is 143. The fraction of sp³-hybridized carbons (Fsp3) is 0.857. The van der Waals surface area contributed by atoms with Gasteiger partial charge in [0.05, 0.1) is 0 Å². The van der Waals surface area contributed by atoms with E-state index in [0.29, 0.717) is 12.8 Å². The monoisotopic (exact) mass is 180 g/mol. The Labute approximate surface area is 110 Å². The van der Waals surface area contributed by atoms with Crippen LogP contribution in [0.2, 0.25) is 0 Å². The zero-order valence-corrected chi connectivity index (χ0v) is 10.1. The second-order valence-corrected chi connectivity index (χ2v) is 3.01. The van der Waals surface area contributed by atoms with Crippen molar-refractivity contribution in [1.29, 1.82) is 0 Å². The average Bonchev–Trinajstić information content (AvgIpc) is 1.89. The molecule has 3 N–H and O–H groups in total. The molecule has 0 aromatic carbocycles. The predicted octanol–water partition coefficient (Wildman–Crippen LogP) is -1.77. The average molecular weight is 180 g/mol. The first kappa shape index (κ1) is 12.1. The maximum absolute atomic E-state index is 10.7. The second-order valence-electron chi connectivity index (χ2n) is 3.01. The van der Waals surface area contributed by atoms with Crippen LogP contribution in [0.5, 0.6) is 0 Å². The van der Waals surface area contributed by atoms with Gasteiger partial charge in [-0.3, -0.25) is 4.79 Å². The van der Waals surface area contributed by atoms with Crippen LogP contribution in [0.1, 0.15) is 32.1 Å². The summed E-state index contributed by atoms with van der Waals surface area (Å²) in [6.45, 7) is 0. The number of carbonyl (C=O) groups excluding carboxylic acids is 1. The summed E-state index contributed by atoms with van der Waals surface area (Å²) in [4.78, 5) is 10.7. The number of hydrogen-bond donors (Lipinski definition) is 1. The Morgan fingerprint density at radius 3 is 2.00 bits per heavy atom. The standard InChI is InChI=1S/C7H13N2O.K/c8-6(10)7(9)4-2-1-3-5-7;/h9H,1-5H2,(H2,8,10);/q-1;+1. The van der Waals surface area contributed by atoms with E-state index in [0.717, 1.165) is 19.3 Å². The third kappa shape index (κ3) is 3.12. The molecule has 1 aliphatic rings. The van der Waals surface area contributed by atoms with Gasteiger partial charge >= 0.3 is 51.4 Å². The SMILES string of the molecule is [K+].[NH-]C1(C(N)=O)CCCCC1. The van der Waals surface area contributed by atoms with Crippen LogP contribution in [0.25, 0.3) is 5.73 Å². The summed E-state index contributed by atoms with van der Waals surface area (Å²) in [7, 11) is 0. The third-order valence-electron chi connectivity index (χ3n) is 2.18. The Hall–Kier alpha value is 1.07. The van der Waals surface area contributed by atoms with E-state index in [1.54, 1.807) is 0 Å². The number of primary amides is 1. The Morgan fingerprint density at radius 2 is 1.73 bits per heavy atom. The smallest absolute Gasteiger partial charge is 0.664 e. The van der Waals surface area contributed by atoms with Gasteiger partial charge < -0.3 is 11.5 Å². The summed E-state index contributed by atoms with van der Waals surface area (Å²) < 4.78 is 0. The topological polar surface area (TPSA) is 66.9 Å². The van der Waals surface area contributed by atoms with Gasteiger partial charge in [0.2, 0.25) is 5.91 Å². The molecule has 0 atom stereocenters.